The Labute approximate surface area is 207 Å². The first-order valence-corrected chi connectivity index (χ1v) is 11.5. The van der Waals surface area contributed by atoms with Gasteiger partial charge in [0.15, 0.2) is 0 Å². The Morgan fingerprint density at radius 1 is 1.29 bits per heavy atom. The Hall–Kier alpha value is -4.14. The van der Waals surface area contributed by atoms with Gasteiger partial charge in [-0.15, -0.1) is 0 Å². The van der Waals surface area contributed by atoms with Crippen LogP contribution in [-0.4, -0.2) is 42.2 Å². The first-order valence-electron chi connectivity index (χ1n) is 11.5. The van der Waals surface area contributed by atoms with Crippen LogP contribution in [0.1, 0.15) is 32.3 Å². The molecule has 5 N–H and O–H groups in total. The van der Waals surface area contributed by atoms with Crippen molar-refractivity contribution in [2.75, 3.05) is 37.1 Å². The van der Waals surface area contributed by atoms with Gasteiger partial charge in [0.05, 0.1) is 16.9 Å². The molecule has 0 aliphatic heterocycles. The molecule has 0 saturated carbocycles. The third kappa shape index (κ3) is 7.17. The summed E-state index contributed by atoms with van der Waals surface area (Å²) in [5.41, 5.74) is 9.50. The number of nitrogens with one attached hydrogen (secondary N) is 3. The largest absolute Gasteiger partial charge is 0.403 e. The van der Waals surface area contributed by atoms with Crippen molar-refractivity contribution in [3.05, 3.63) is 78.2 Å². The van der Waals surface area contributed by atoms with E-state index in [-0.39, 0.29) is 11.6 Å². The lowest BCUT2D eigenvalue weighted by molar-refractivity contribution is 0.608. The van der Waals surface area contributed by atoms with E-state index in [1.54, 1.807) is 38.6 Å². The Morgan fingerprint density at radius 3 is 2.69 bits per heavy atom. The average molecular weight is 479 g/mol. The predicted octanol–water partition coefficient (Wildman–Crippen LogP) is 5.48. The summed E-state index contributed by atoms with van der Waals surface area (Å²) < 4.78 is 14.6. The lowest BCUT2D eigenvalue weighted by Crippen LogP contribution is -2.17. The van der Waals surface area contributed by atoms with Crippen LogP contribution in [0.5, 0.6) is 0 Å². The summed E-state index contributed by atoms with van der Waals surface area (Å²) >= 11 is 0. The zero-order valence-electron chi connectivity index (χ0n) is 21.1. The lowest BCUT2D eigenvalue weighted by Gasteiger charge is -2.26. The monoisotopic (exact) mass is 478 g/mol. The summed E-state index contributed by atoms with van der Waals surface area (Å²) in [5, 5.41) is 9.12. The molecule has 0 atom stereocenters. The Balaban J connectivity index is 0.00000210. The summed E-state index contributed by atoms with van der Waals surface area (Å²) in [4.78, 5) is 14.9. The first-order chi connectivity index (χ1) is 17.0. The van der Waals surface area contributed by atoms with E-state index in [2.05, 4.69) is 55.7 Å². The van der Waals surface area contributed by atoms with Gasteiger partial charge in [-0.05, 0) is 37.1 Å². The van der Waals surface area contributed by atoms with Crippen LogP contribution in [0.25, 0.3) is 5.70 Å². The molecule has 186 valence electrons. The van der Waals surface area contributed by atoms with E-state index in [0.29, 0.717) is 22.8 Å². The van der Waals surface area contributed by atoms with Crippen molar-refractivity contribution in [3.8, 4) is 0 Å². The maximum Gasteiger partial charge on any atom is 0.229 e. The number of hydrogen-bond acceptors (Lipinski definition) is 8. The van der Waals surface area contributed by atoms with Crippen molar-refractivity contribution >= 4 is 35.1 Å². The molecule has 0 saturated heterocycles. The fourth-order valence-electron chi connectivity index (χ4n) is 3.22. The molecule has 35 heavy (non-hydrogen) atoms. The molecule has 1 aliphatic carbocycles. The molecule has 9 heteroatoms. The quantitative estimate of drug-likeness (QED) is 0.354. The molecule has 3 rings (SSSR count). The second-order valence-electron chi connectivity index (χ2n) is 7.27. The summed E-state index contributed by atoms with van der Waals surface area (Å²) in [6, 6.07) is 4.72. The van der Waals surface area contributed by atoms with Crippen molar-refractivity contribution in [3.63, 3.8) is 0 Å². The third-order valence-electron chi connectivity index (χ3n) is 5.08. The highest BCUT2D eigenvalue weighted by Crippen LogP contribution is 2.31. The number of likely N-dealkylation sites (N-methyl/N-ethyl adjacent to an activating group) is 1. The number of hydrogen-bond donors (Lipinski definition) is 4. The molecule has 1 aromatic carbocycles. The molecule has 2 aromatic rings. The number of anilines is 4. The van der Waals surface area contributed by atoms with Crippen molar-refractivity contribution in [1.82, 2.24) is 14.9 Å². The van der Waals surface area contributed by atoms with Gasteiger partial charge in [0.25, 0.3) is 0 Å². The number of benzene rings is 1. The van der Waals surface area contributed by atoms with Crippen LogP contribution in [-0.2, 0) is 0 Å². The van der Waals surface area contributed by atoms with Gasteiger partial charge in [0, 0.05) is 56.8 Å². The maximum absolute atomic E-state index is 14.6. The van der Waals surface area contributed by atoms with E-state index in [4.69, 9.17) is 5.73 Å². The zero-order valence-corrected chi connectivity index (χ0v) is 21.1. The number of aromatic nitrogens is 2. The summed E-state index contributed by atoms with van der Waals surface area (Å²) in [6.45, 7) is 8.25. The van der Waals surface area contributed by atoms with E-state index in [0.717, 1.165) is 24.2 Å². The van der Waals surface area contributed by atoms with E-state index in [9.17, 15) is 4.39 Å². The van der Waals surface area contributed by atoms with E-state index < -0.39 is 5.82 Å². The number of nitrogens with zero attached hydrogens (tertiary/aromatic N) is 4. The molecular formula is C26H35FN8. The van der Waals surface area contributed by atoms with Gasteiger partial charge in [-0.1, -0.05) is 32.6 Å². The highest BCUT2D eigenvalue weighted by atomic mass is 19.1. The minimum atomic E-state index is -0.411. The third-order valence-corrected chi connectivity index (χ3v) is 5.08. The van der Waals surface area contributed by atoms with E-state index in [1.165, 1.54) is 12.3 Å². The molecule has 1 heterocycles. The molecule has 0 bridgehead atoms. The SMILES string of the molecule is C=C(c1cnc(N/C(C=NC)=C/N)nc1Nc1cc(NC)ccc1F)N(C)C1=CCCC=C1.CC. The van der Waals surface area contributed by atoms with E-state index >= 15 is 0 Å². The highest BCUT2D eigenvalue weighted by molar-refractivity contribution is 5.82. The molecule has 0 radical (unpaired) electrons. The molecule has 0 unspecified atom stereocenters. The zero-order chi connectivity index (χ0) is 25.8. The molecule has 1 aromatic heterocycles. The summed E-state index contributed by atoms with van der Waals surface area (Å²) in [5.74, 6) is 0.252. The second kappa shape index (κ2) is 13.5. The Bertz CT molecular complexity index is 1130. The standard InChI is InChI=1S/C24H29FN8.C2H6/c1-16(33(4)19-8-6-5-7-9-19)20-15-29-24(30-18(13-26)14-27-2)32-23(20)31-22-12-17(28-3)10-11-21(22)25;1-2/h6,8-15,28H,1,5,7,26H2,2-4H3,(H2,29,30,31,32);1-2H3/b18-13+,27-14?;. The summed E-state index contributed by atoms with van der Waals surface area (Å²) in [6.07, 6.45) is 12.8. The average Bonchev–Trinajstić information content (AvgIpc) is 2.90. The smallest absolute Gasteiger partial charge is 0.229 e. The summed E-state index contributed by atoms with van der Waals surface area (Å²) in [7, 11) is 5.33. The molecular weight excluding hydrogens is 443 g/mol. The van der Waals surface area contributed by atoms with Crippen LogP contribution in [0.3, 0.4) is 0 Å². The van der Waals surface area contributed by atoms with Crippen LogP contribution in [0.15, 0.2) is 71.8 Å². The lowest BCUT2D eigenvalue weighted by atomic mass is 10.1. The number of nitrogens with two attached hydrogens (primary N) is 1. The van der Waals surface area contributed by atoms with Gasteiger partial charge in [-0.25, -0.2) is 9.37 Å². The minimum Gasteiger partial charge on any atom is -0.403 e. The number of halogens is 1. The predicted molar refractivity (Wildman–Crippen MR) is 146 cm³/mol. The van der Waals surface area contributed by atoms with Gasteiger partial charge in [0.2, 0.25) is 5.95 Å². The fourth-order valence-corrected chi connectivity index (χ4v) is 3.22. The van der Waals surface area contributed by atoms with Crippen LogP contribution >= 0.6 is 0 Å². The van der Waals surface area contributed by atoms with Gasteiger partial charge in [0.1, 0.15) is 11.6 Å². The Morgan fingerprint density at radius 2 is 2.06 bits per heavy atom. The molecule has 0 amide bonds. The van der Waals surface area contributed by atoms with Gasteiger partial charge >= 0.3 is 0 Å². The Kier molecular flexibility index (Phi) is 10.5. The van der Waals surface area contributed by atoms with Gasteiger partial charge in [-0.2, -0.15) is 4.98 Å². The van der Waals surface area contributed by atoms with Crippen molar-refractivity contribution < 1.29 is 4.39 Å². The molecule has 0 fully saturated rings. The highest BCUT2D eigenvalue weighted by Gasteiger charge is 2.17. The topological polar surface area (TPSA) is 103 Å². The molecule has 0 spiro atoms. The number of allylic oxidation sites excluding steroid dienone is 4. The number of aliphatic imine (C=N–C) groups is 1. The number of rotatable bonds is 9. The van der Waals surface area contributed by atoms with Crippen molar-refractivity contribution in [1.29, 1.82) is 0 Å². The van der Waals surface area contributed by atoms with Gasteiger partial charge in [-0.3, -0.25) is 4.99 Å². The first kappa shape index (κ1) is 27.1. The van der Waals surface area contributed by atoms with E-state index in [1.807, 2.05) is 25.8 Å². The normalized spacial score (nSPS) is 13.0. The minimum absolute atomic E-state index is 0.268. The second-order valence-corrected chi connectivity index (χ2v) is 7.27. The van der Waals surface area contributed by atoms with Crippen LogP contribution in [0.4, 0.5) is 27.5 Å². The van der Waals surface area contributed by atoms with Crippen LogP contribution in [0, 0.1) is 5.82 Å². The molecule has 8 nitrogen and oxygen atoms in total. The maximum atomic E-state index is 14.6. The van der Waals surface area contributed by atoms with Crippen LogP contribution < -0.4 is 21.7 Å². The molecule has 1 aliphatic rings. The van der Waals surface area contributed by atoms with Crippen molar-refractivity contribution in [2.45, 2.75) is 26.7 Å². The van der Waals surface area contributed by atoms with Crippen LogP contribution in [0.2, 0.25) is 0 Å². The van der Waals surface area contributed by atoms with Gasteiger partial charge < -0.3 is 26.6 Å². The fraction of sp³-hybridized carbons (Fsp3) is 0.269. The van der Waals surface area contributed by atoms with Crippen molar-refractivity contribution in [2.24, 2.45) is 10.7 Å².